The first kappa shape index (κ1) is 23.0. The highest BCUT2D eigenvalue weighted by molar-refractivity contribution is 6.49. The predicted octanol–water partition coefficient (Wildman–Crippen LogP) is 5.42. The molecule has 2 aromatic rings. The van der Waals surface area contributed by atoms with Gasteiger partial charge in [-0.1, -0.05) is 17.5 Å². The van der Waals surface area contributed by atoms with Crippen LogP contribution in [0.25, 0.3) is 0 Å². The van der Waals surface area contributed by atoms with Crippen LogP contribution in [-0.4, -0.2) is 22.7 Å². The lowest BCUT2D eigenvalue weighted by atomic mass is 10.1. The molecule has 0 unspecified atom stereocenters. The highest BCUT2D eigenvalue weighted by Gasteiger charge is 2.24. The molecule has 0 spiro atoms. The van der Waals surface area contributed by atoms with Gasteiger partial charge in [0, 0.05) is 11.8 Å². The van der Waals surface area contributed by atoms with Crippen molar-refractivity contribution in [2.45, 2.75) is 17.7 Å². The third-order valence-electron chi connectivity index (χ3n) is 3.65. The second-order valence-corrected chi connectivity index (χ2v) is 8.45. The number of nitrogens with zero attached hydrogens (tertiary/aromatic N) is 1. The van der Waals surface area contributed by atoms with E-state index < -0.39 is 27.8 Å². The van der Waals surface area contributed by atoms with E-state index in [0.29, 0.717) is 6.07 Å². The van der Waals surface area contributed by atoms with Crippen LogP contribution in [0.5, 0.6) is 0 Å². The van der Waals surface area contributed by atoms with Crippen molar-refractivity contribution in [2.75, 3.05) is 16.8 Å². The SMILES string of the molecule is C#CCN(C(=O)c1cc(NC(=O)CC(C)(Cl)Cl)ccc1Cl)c1ccc(F)cc1F. The van der Waals surface area contributed by atoms with Gasteiger partial charge < -0.3 is 5.32 Å². The maximum Gasteiger partial charge on any atom is 0.260 e. The lowest BCUT2D eigenvalue weighted by Gasteiger charge is -2.22. The Morgan fingerprint density at radius 2 is 1.90 bits per heavy atom. The molecule has 2 amide bonds. The van der Waals surface area contributed by atoms with Gasteiger partial charge in [0.2, 0.25) is 5.91 Å². The number of amides is 2. The number of carbonyl (C=O) groups excluding carboxylic acids is 2. The van der Waals surface area contributed by atoms with E-state index in [1.165, 1.54) is 25.1 Å². The topological polar surface area (TPSA) is 49.4 Å². The van der Waals surface area contributed by atoms with Crippen LogP contribution in [-0.2, 0) is 4.79 Å². The van der Waals surface area contributed by atoms with Crippen LogP contribution in [0.4, 0.5) is 20.2 Å². The van der Waals surface area contributed by atoms with E-state index >= 15 is 0 Å². The fourth-order valence-corrected chi connectivity index (χ4v) is 2.90. The van der Waals surface area contributed by atoms with E-state index in [2.05, 4.69) is 11.2 Å². The van der Waals surface area contributed by atoms with Gasteiger partial charge in [0.05, 0.1) is 29.2 Å². The molecule has 0 saturated carbocycles. The Bertz CT molecular complexity index is 985. The van der Waals surface area contributed by atoms with Crippen LogP contribution >= 0.6 is 34.8 Å². The monoisotopic (exact) mass is 458 g/mol. The second kappa shape index (κ2) is 9.45. The summed E-state index contributed by atoms with van der Waals surface area (Å²) < 4.78 is 26.1. The molecule has 0 aliphatic heterocycles. The summed E-state index contributed by atoms with van der Waals surface area (Å²) in [5.74, 6) is -0.716. The second-order valence-electron chi connectivity index (χ2n) is 6.18. The normalized spacial score (nSPS) is 10.9. The number of carbonyl (C=O) groups is 2. The molecule has 1 N–H and O–H groups in total. The van der Waals surface area contributed by atoms with Crippen molar-refractivity contribution in [3.05, 3.63) is 58.6 Å². The van der Waals surface area contributed by atoms with Gasteiger partial charge in [-0.25, -0.2) is 8.78 Å². The number of rotatable bonds is 6. The molecule has 0 radical (unpaired) electrons. The average Bonchev–Trinajstić information content (AvgIpc) is 2.60. The third-order valence-corrected chi connectivity index (χ3v) is 4.24. The third kappa shape index (κ3) is 6.33. The summed E-state index contributed by atoms with van der Waals surface area (Å²) in [6, 6.07) is 6.91. The molecule has 9 heteroatoms. The van der Waals surface area contributed by atoms with Gasteiger partial charge >= 0.3 is 0 Å². The fourth-order valence-electron chi connectivity index (χ4n) is 2.46. The number of benzene rings is 2. The van der Waals surface area contributed by atoms with Gasteiger partial charge in [0.1, 0.15) is 16.0 Å². The standard InChI is InChI=1S/C20H15Cl3F2N2O2/c1-3-8-27(17-7-4-12(24)9-16(17)25)19(29)14-10-13(5-6-15(14)21)26-18(28)11-20(2,22)23/h1,4-7,9-10H,8,11H2,2H3,(H,26,28). The van der Waals surface area contributed by atoms with Crippen molar-refractivity contribution in [3.63, 3.8) is 0 Å². The van der Waals surface area contributed by atoms with Crippen molar-refractivity contribution >= 4 is 58.0 Å². The molecule has 2 aromatic carbocycles. The van der Waals surface area contributed by atoms with Crippen molar-refractivity contribution in [1.82, 2.24) is 0 Å². The predicted molar refractivity (Wildman–Crippen MR) is 112 cm³/mol. The number of hydrogen-bond acceptors (Lipinski definition) is 2. The van der Waals surface area contributed by atoms with E-state index in [4.69, 9.17) is 41.2 Å². The van der Waals surface area contributed by atoms with Crippen molar-refractivity contribution in [1.29, 1.82) is 0 Å². The molecule has 0 bridgehead atoms. The largest absolute Gasteiger partial charge is 0.326 e. The summed E-state index contributed by atoms with van der Waals surface area (Å²) in [7, 11) is 0. The van der Waals surface area contributed by atoms with Crippen LogP contribution in [0.1, 0.15) is 23.7 Å². The lowest BCUT2D eigenvalue weighted by molar-refractivity contribution is -0.116. The zero-order chi connectivity index (χ0) is 21.8. The summed E-state index contributed by atoms with van der Waals surface area (Å²) in [5.41, 5.74) is 0.00317. The maximum atomic E-state index is 14.2. The minimum absolute atomic E-state index is 0.0389. The molecule has 0 saturated heterocycles. The minimum Gasteiger partial charge on any atom is -0.326 e. The molecule has 29 heavy (non-hydrogen) atoms. The van der Waals surface area contributed by atoms with Crippen LogP contribution in [0.3, 0.4) is 0 Å². The molecule has 2 rings (SSSR count). The highest BCUT2D eigenvalue weighted by Crippen LogP contribution is 2.28. The fraction of sp³-hybridized carbons (Fsp3) is 0.200. The number of anilines is 2. The Balaban J connectivity index is 2.37. The molecule has 0 aromatic heterocycles. The molecule has 0 aliphatic carbocycles. The van der Waals surface area contributed by atoms with E-state index in [-0.39, 0.29) is 34.9 Å². The summed E-state index contributed by atoms with van der Waals surface area (Å²) >= 11 is 17.7. The number of nitrogens with one attached hydrogen (secondary N) is 1. The first-order valence-electron chi connectivity index (χ1n) is 8.19. The summed E-state index contributed by atoms with van der Waals surface area (Å²) in [5, 5.41) is 2.60. The number of halogens is 5. The average molecular weight is 460 g/mol. The number of terminal acetylenes is 1. The molecular weight excluding hydrogens is 445 g/mol. The smallest absolute Gasteiger partial charge is 0.260 e. The van der Waals surface area contributed by atoms with Crippen LogP contribution in [0.2, 0.25) is 5.02 Å². The highest BCUT2D eigenvalue weighted by atomic mass is 35.5. The molecular formula is C20H15Cl3F2N2O2. The summed E-state index contributed by atoms with van der Waals surface area (Å²) in [6.07, 6.45) is 5.11. The van der Waals surface area contributed by atoms with Crippen LogP contribution in [0.15, 0.2) is 36.4 Å². The molecule has 0 fully saturated rings. The van der Waals surface area contributed by atoms with Gasteiger partial charge in [0.15, 0.2) is 0 Å². The first-order valence-corrected chi connectivity index (χ1v) is 9.33. The minimum atomic E-state index is -1.27. The quantitative estimate of drug-likeness (QED) is 0.463. The molecule has 0 atom stereocenters. The maximum absolute atomic E-state index is 14.2. The molecule has 152 valence electrons. The Morgan fingerprint density at radius 3 is 2.48 bits per heavy atom. The molecule has 0 heterocycles. The number of alkyl halides is 2. The Labute approximate surface area is 181 Å². The van der Waals surface area contributed by atoms with Crippen LogP contribution in [0, 0.1) is 24.0 Å². The van der Waals surface area contributed by atoms with Crippen molar-refractivity contribution in [3.8, 4) is 12.3 Å². The van der Waals surface area contributed by atoms with Gasteiger partial charge in [-0.3, -0.25) is 14.5 Å². The van der Waals surface area contributed by atoms with E-state index in [9.17, 15) is 18.4 Å². The molecule has 4 nitrogen and oxygen atoms in total. The van der Waals surface area contributed by atoms with Gasteiger partial charge in [0.25, 0.3) is 5.91 Å². The lowest BCUT2D eigenvalue weighted by Crippen LogP contribution is -2.32. The van der Waals surface area contributed by atoms with E-state index in [1.54, 1.807) is 0 Å². The van der Waals surface area contributed by atoms with E-state index in [1.807, 2.05) is 0 Å². The Morgan fingerprint density at radius 1 is 1.21 bits per heavy atom. The number of hydrogen-bond donors (Lipinski definition) is 1. The van der Waals surface area contributed by atoms with Gasteiger partial charge in [-0.2, -0.15) is 0 Å². The summed E-state index contributed by atoms with van der Waals surface area (Å²) in [6.45, 7) is 1.17. The van der Waals surface area contributed by atoms with Crippen molar-refractivity contribution in [2.24, 2.45) is 0 Å². The van der Waals surface area contributed by atoms with Gasteiger partial charge in [-0.15, -0.1) is 29.6 Å². The van der Waals surface area contributed by atoms with Crippen molar-refractivity contribution < 1.29 is 18.4 Å². The van der Waals surface area contributed by atoms with E-state index in [0.717, 1.165) is 17.0 Å². The summed E-state index contributed by atoms with van der Waals surface area (Å²) in [4.78, 5) is 25.9. The van der Waals surface area contributed by atoms with Gasteiger partial charge in [-0.05, 0) is 37.3 Å². The Hall–Kier alpha value is -2.33. The zero-order valence-electron chi connectivity index (χ0n) is 15.1. The molecule has 0 aliphatic rings. The first-order chi connectivity index (χ1) is 13.5. The van der Waals surface area contributed by atoms with Crippen LogP contribution < -0.4 is 10.2 Å². The zero-order valence-corrected chi connectivity index (χ0v) is 17.4. The Kier molecular flexibility index (Phi) is 7.48.